The molecule has 1 aliphatic carbocycles. The van der Waals surface area contributed by atoms with Gasteiger partial charge in [0, 0.05) is 58.1 Å². The van der Waals surface area contributed by atoms with Crippen LogP contribution in [-0.2, 0) is 46.5 Å². The standard InChI is InChI=1S/C42H56N4O9/c1-5-7-9-20-41(21-10-8-6-2)53-34-32-25-42(40(51)44-26-30-12-11-13-31(24-30)38(49)43-22-23-47)36(39(50)52-32)46(55-37(42)35(34)54-41)27-29-16-14-28(15-17-29)18-19-33(48)45(3)4/h11-19,24,32,34-37,47H,5-10,20-23,25-27H2,1-4H3,(H,43,49)(H,44,51)/t32-,34+,35+,36+,37-,42+/m1/s1. The predicted octanol–water partition coefficient (Wildman–Crippen LogP) is 4.27. The molecule has 0 radical (unpaired) electrons. The number of rotatable bonds is 18. The molecule has 0 aromatic heterocycles. The molecular weight excluding hydrogens is 704 g/mol. The van der Waals surface area contributed by atoms with Gasteiger partial charge in [0.2, 0.25) is 11.8 Å². The van der Waals surface area contributed by atoms with Crippen LogP contribution in [0.1, 0.15) is 98.7 Å². The predicted molar refractivity (Wildman–Crippen MR) is 204 cm³/mol. The van der Waals surface area contributed by atoms with Gasteiger partial charge in [0.1, 0.15) is 29.8 Å². The van der Waals surface area contributed by atoms with E-state index in [0.29, 0.717) is 24.0 Å². The molecule has 3 heterocycles. The van der Waals surface area contributed by atoms with Crippen LogP contribution in [0.2, 0.25) is 0 Å². The van der Waals surface area contributed by atoms with Crippen molar-refractivity contribution in [3.05, 3.63) is 76.9 Å². The minimum Gasteiger partial charge on any atom is -0.458 e. The first-order chi connectivity index (χ1) is 26.5. The van der Waals surface area contributed by atoms with Gasteiger partial charge in [0.15, 0.2) is 11.8 Å². The largest absolute Gasteiger partial charge is 0.458 e. The van der Waals surface area contributed by atoms with Crippen LogP contribution in [0.3, 0.4) is 0 Å². The highest BCUT2D eigenvalue weighted by atomic mass is 16.8. The van der Waals surface area contributed by atoms with Gasteiger partial charge < -0.3 is 34.9 Å². The fourth-order valence-corrected chi connectivity index (χ4v) is 8.37. The number of unbranched alkanes of at least 4 members (excludes halogenated alkanes) is 4. The SMILES string of the molecule is CCCCCC1(CCCCC)O[C@@H]2[C@H](O1)[C@H]1ON(Cc3ccc(C=CC(=O)N(C)C)cc3)[C@H]3C(=O)O[C@@H]2C[C@@]13C(=O)NCc1cccc(C(=O)NCCO)c1. The van der Waals surface area contributed by atoms with Gasteiger partial charge in [-0.25, -0.2) is 0 Å². The van der Waals surface area contributed by atoms with Crippen molar-refractivity contribution in [3.8, 4) is 0 Å². The summed E-state index contributed by atoms with van der Waals surface area (Å²) >= 11 is 0. The van der Waals surface area contributed by atoms with Crippen molar-refractivity contribution in [2.45, 2.75) is 121 Å². The zero-order valence-corrected chi connectivity index (χ0v) is 32.5. The minimum absolute atomic E-state index is 0.107. The number of nitrogens with zero attached hydrogens (tertiary/aromatic N) is 2. The summed E-state index contributed by atoms with van der Waals surface area (Å²) in [5, 5.41) is 16.5. The molecule has 0 spiro atoms. The Morgan fingerprint density at radius 3 is 2.33 bits per heavy atom. The van der Waals surface area contributed by atoms with E-state index < -0.39 is 47.6 Å². The topological polar surface area (TPSA) is 156 Å². The van der Waals surface area contributed by atoms with E-state index in [9.17, 15) is 19.2 Å². The molecule has 4 aliphatic rings. The molecular formula is C42H56N4O9. The Hall–Kier alpha value is -4.14. The number of hydroxylamine groups is 2. The molecule has 298 valence electrons. The molecule has 2 aromatic carbocycles. The van der Waals surface area contributed by atoms with Gasteiger partial charge in [-0.3, -0.25) is 24.0 Å². The second-order valence-electron chi connectivity index (χ2n) is 15.4. The van der Waals surface area contributed by atoms with Crippen LogP contribution in [0.15, 0.2) is 54.6 Å². The van der Waals surface area contributed by atoms with Crippen molar-refractivity contribution in [2.24, 2.45) is 5.41 Å². The first-order valence-corrected chi connectivity index (χ1v) is 19.8. The van der Waals surface area contributed by atoms with Crippen LogP contribution in [0.4, 0.5) is 0 Å². The second kappa shape index (κ2) is 17.8. The van der Waals surface area contributed by atoms with Gasteiger partial charge in [-0.15, -0.1) is 0 Å². The fraction of sp³-hybridized carbons (Fsp3) is 0.571. The lowest BCUT2D eigenvalue weighted by molar-refractivity contribution is -0.224. The van der Waals surface area contributed by atoms with Crippen molar-refractivity contribution >= 4 is 29.8 Å². The summed E-state index contributed by atoms with van der Waals surface area (Å²) in [5.41, 5.74) is 1.42. The van der Waals surface area contributed by atoms with E-state index in [0.717, 1.165) is 49.7 Å². The van der Waals surface area contributed by atoms with Crippen molar-refractivity contribution in [1.82, 2.24) is 20.6 Å². The summed E-state index contributed by atoms with van der Waals surface area (Å²) in [7, 11) is 3.39. The molecule has 6 atom stereocenters. The van der Waals surface area contributed by atoms with Crippen LogP contribution in [0.5, 0.6) is 0 Å². The molecule has 1 saturated carbocycles. The van der Waals surface area contributed by atoms with E-state index in [-0.39, 0.29) is 50.4 Å². The van der Waals surface area contributed by atoms with Gasteiger partial charge in [0.25, 0.3) is 5.91 Å². The summed E-state index contributed by atoms with van der Waals surface area (Å²) < 4.78 is 20.0. The fourth-order valence-electron chi connectivity index (χ4n) is 8.37. The van der Waals surface area contributed by atoms with Gasteiger partial charge in [0.05, 0.1) is 13.2 Å². The molecule has 2 aromatic rings. The first-order valence-electron chi connectivity index (χ1n) is 19.8. The molecule has 2 bridgehead atoms. The zero-order chi connectivity index (χ0) is 39.2. The Morgan fingerprint density at radius 2 is 1.65 bits per heavy atom. The van der Waals surface area contributed by atoms with Crippen LogP contribution in [0, 0.1) is 5.41 Å². The smallest absolute Gasteiger partial charge is 0.327 e. The number of carbonyl (C=O) groups is 4. The first kappa shape index (κ1) is 40.5. The van der Waals surface area contributed by atoms with E-state index in [4.69, 9.17) is 24.2 Å². The molecule has 0 unspecified atom stereocenters. The Morgan fingerprint density at radius 1 is 0.945 bits per heavy atom. The maximum Gasteiger partial charge on any atom is 0.327 e. The van der Waals surface area contributed by atoms with Gasteiger partial charge in [-0.1, -0.05) is 75.9 Å². The average Bonchev–Trinajstić information content (AvgIpc) is 3.74. The molecule has 13 nitrogen and oxygen atoms in total. The monoisotopic (exact) mass is 760 g/mol. The number of carbonyl (C=O) groups excluding carboxylic acids is 4. The second-order valence-corrected chi connectivity index (χ2v) is 15.4. The summed E-state index contributed by atoms with van der Waals surface area (Å²) in [5.74, 6) is -2.23. The molecule has 4 fully saturated rings. The average molecular weight is 761 g/mol. The third kappa shape index (κ3) is 8.66. The van der Waals surface area contributed by atoms with Crippen molar-refractivity contribution in [3.63, 3.8) is 0 Å². The van der Waals surface area contributed by atoms with Crippen LogP contribution < -0.4 is 10.6 Å². The number of aliphatic hydroxyl groups is 1. The molecule has 3 N–H and O–H groups in total. The maximum atomic E-state index is 14.8. The highest BCUT2D eigenvalue weighted by molar-refractivity contribution is 5.95. The normalized spacial score (nSPS) is 26.4. The molecule has 55 heavy (non-hydrogen) atoms. The van der Waals surface area contributed by atoms with Gasteiger partial charge in [-0.05, 0) is 47.7 Å². The zero-order valence-electron chi connectivity index (χ0n) is 32.5. The van der Waals surface area contributed by atoms with E-state index >= 15 is 0 Å². The molecule has 6 rings (SSSR count). The number of ether oxygens (including phenoxy) is 3. The van der Waals surface area contributed by atoms with Crippen molar-refractivity contribution in [1.29, 1.82) is 0 Å². The summed E-state index contributed by atoms with van der Waals surface area (Å²) in [4.78, 5) is 61.9. The Labute approximate surface area is 323 Å². The van der Waals surface area contributed by atoms with Gasteiger partial charge >= 0.3 is 5.97 Å². The lowest BCUT2D eigenvalue weighted by Crippen LogP contribution is -2.69. The van der Waals surface area contributed by atoms with E-state index in [2.05, 4.69) is 24.5 Å². The minimum atomic E-state index is -1.35. The van der Waals surface area contributed by atoms with E-state index in [1.165, 1.54) is 11.0 Å². The lowest BCUT2D eigenvalue weighted by atomic mass is 9.62. The highest BCUT2D eigenvalue weighted by Crippen LogP contribution is 2.58. The Kier molecular flexibility index (Phi) is 13.1. The number of hydrogen-bond acceptors (Lipinski definition) is 10. The number of hydrogen-bond donors (Lipinski definition) is 3. The van der Waals surface area contributed by atoms with Crippen molar-refractivity contribution < 1.29 is 43.3 Å². The quantitative estimate of drug-likeness (QED) is 0.114. The molecule has 3 aliphatic heterocycles. The van der Waals surface area contributed by atoms with Gasteiger partial charge in [-0.2, -0.15) is 5.06 Å². The number of nitrogens with one attached hydrogen (secondary N) is 2. The lowest BCUT2D eigenvalue weighted by Gasteiger charge is -2.48. The Bertz CT molecular complexity index is 1700. The number of esters is 1. The number of benzene rings is 2. The van der Waals surface area contributed by atoms with E-state index in [1.807, 2.05) is 30.3 Å². The highest BCUT2D eigenvalue weighted by Gasteiger charge is 2.76. The summed E-state index contributed by atoms with van der Waals surface area (Å²) in [6, 6.07) is 13.5. The number of amides is 3. The van der Waals surface area contributed by atoms with Crippen LogP contribution in [0.25, 0.3) is 6.08 Å². The molecule has 13 heteroatoms. The molecule has 3 amide bonds. The maximum absolute atomic E-state index is 14.8. The number of aliphatic hydroxyl groups excluding tert-OH is 1. The van der Waals surface area contributed by atoms with Crippen LogP contribution in [-0.4, -0.2) is 102 Å². The molecule has 3 saturated heterocycles. The summed E-state index contributed by atoms with van der Waals surface area (Å²) in [6.45, 7) is 4.57. The third-order valence-corrected chi connectivity index (χ3v) is 11.2. The third-order valence-electron chi connectivity index (χ3n) is 11.2. The Balaban J connectivity index is 1.30. The van der Waals surface area contributed by atoms with E-state index in [1.54, 1.807) is 43.4 Å². The number of fused-ring (bicyclic) bond motifs is 4. The van der Waals surface area contributed by atoms with Crippen LogP contribution >= 0.6 is 0 Å². The number of likely N-dealkylation sites (N-methyl/N-ethyl adjacent to an activating group) is 1. The van der Waals surface area contributed by atoms with Crippen molar-refractivity contribution in [2.75, 3.05) is 27.2 Å². The summed E-state index contributed by atoms with van der Waals surface area (Å²) in [6.07, 6.45) is 8.05.